The molecule has 0 bridgehead atoms. The standard InChI is InChI=1S/C14H24N4O.2ClH/c1-11(15)5-6-14(19)18-8-3-4-13(18)10-17-9-7-16-12(17)2;;/h7,9,11,13H,3-6,8,10,15H2,1-2H3;2*1H. The third-order valence-electron chi connectivity index (χ3n) is 3.84. The van der Waals surface area contributed by atoms with Crippen LogP contribution in [0.1, 0.15) is 38.4 Å². The van der Waals surface area contributed by atoms with Crippen LogP contribution in [0.3, 0.4) is 0 Å². The molecule has 2 rings (SSSR count). The number of aryl methyl sites for hydroxylation is 1. The highest BCUT2D eigenvalue weighted by molar-refractivity contribution is 5.85. The van der Waals surface area contributed by atoms with Crippen LogP contribution in [-0.4, -0.2) is 39.0 Å². The van der Waals surface area contributed by atoms with Gasteiger partial charge in [-0.2, -0.15) is 0 Å². The Bertz CT molecular complexity index is 436. The molecule has 1 amide bonds. The van der Waals surface area contributed by atoms with E-state index in [2.05, 4.69) is 9.55 Å². The van der Waals surface area contributed by atoms with Crippen LogP contribution in [0.2, 0.25) is 0 Å². The smallest absolute Gasteiger partial charge is 0.222 e. The second-order valence-corrected chi connectivity index (χ2v) is 5.53. The maximum Gasteiger partial charge on any atom is 0.222 e. The van der Waals surface area contributed by atoms with Crippen LogP contribution in [0.5, 0.6) is 0 Å². The largest absolute Gasteiger partial charge is 0.338 e. The van der Waals surface area contributed by atoms with Gasteiger partial charge in [-0.3, -0.25) is 4.79 Å². The third-order valence-corrected chi connectivity index (χ3v) is 3.84. The molecule has 1 aliphatic rings. The van der Waals surface area contributed by atoms with E-state index in [9.17, 15) is 4.79 Å². The van der Waals surface area contributed by atoms with E-state index in [-0.39, 0.29) is 36.8 Å². The highest BCUT2D eigenvalue weighted by atomic mass is 35.5. The molecule has 1 aromatic rings. The van der Waals surface area contributed by atoms with E-state index in [4.69, 9.17) is 5.73 Å². The highest BCUT2D eigenvalue weighted by Crippen LogP contribution is 2.21. The zero-order chi connectivity index (χ0) is 13.8. The van der Waals surface area contributed by atoms with E-state index in [1.165, 1.54) is 0 Å². The van der Waals surface area contributed by atoms with Gasteiger partial charge in [0.15, 0.2) is 0 Å². The van der Waals surface area contributed by atoms with E-state index >= 15 is 0 Å². The van der Waals surface area contributed by atoms with Crippen molar-refractivity contribution in [2.45, 2.75) is 58.2 Å². The van der Waals surface area contributed by atoms with Gasteiger partial charge in [0.2, 0.25) is 5.91 Å². The van der Waals surface area contributed by atoms with Crippen LogP contribution in [0.25, 0.3) is 0 Å². The molecule has 1 fully saturated rings. The number of imidazole rings is 1. The predicted molar refractivity (Wildman–Crippen MR) is 89.1 cm³/mol. The summed E-state index contributed by atoms with van der Waals surface area (Å²) >= 11 is 0. The summed E-state index contributed by atoms with van der Waals surface area (Å²) in [5.41, 5.74) is 5.72. The lowest BCUT2D eigenvalue weighted by molar-refractivity contribution is -0.132. The first-order chi connectivity index (χ1) is 9.08. The minimum atomic E-state index is 0. The average Bonchev–Trinajstić information content (AvgIpc) is 2.97. The lowest BCUT2D eigenvalue weighted by atomic mass is 10.1. The summed E-state index contributed by atoms with van der Waals surface area (Å²) in [5.74, 6) is 1.26. The van der Waals surface area contributed by atoms with E-state index < -0.39 is 0 Å². The molecule has 5 nitrogen and oxygen atoms in total. The minimum absolute atomic E-state index is 0. The molecule has 1 aliphatic heterocycles. The number of nitrogens with two attached hydrogens (primary N) is 1. The van der Waals surface area contributed by atoms with Gasteiger partial charge < -0.3 is 15.2 Å². The van der Waals surface area contributed by atoms with Crippen LogP contribution < -0.4 is 5.73 Å². The number of hydrogen-bond donors (Lipinski definition) is 1. The van der Waals surface area contributed by atoms with Crippen molar-refractivity contribution in [1.29, 1.82) is 0 Å². The van der Waals surface area contributed by atoms with Crippen molar-refractivity contribution >= 4 is 30.7 Å². The molecule has 0 saturated carbocycles. The molecule has 2 N–H and O–H groups in total. The lowest BCUT2D eigenvalue weighted by Gasteiger charge is -2.25. The molecule has 2 atom stereocenters. The molecule has 1 aromatic heterocycles. The lowest BCUT2D eigenvalue weighted by Crippen LogP contribution is -2.38. The van der Waals surface area contributed by atoms with E-state index in [0.29, 0.717) is 12.5 Å². The van der Waals surface area contributed by atoms with Gasteiger partial charge in [-0.05, 0) is 33.1 Å². The zero-order valence-electron chi connectivity index (χ0n) is 12.7. The summed E-state index contributed by atoms with van der Waals surface area (Å²) in [5, 5.41) is 0. The van der Waals surface area contributed by atoms with Crippen molar-refractivity contribution in [2.75, 3.05) is 6.54 Å². The fourth-order valence-corrected chi connectivity index (χ4v) is 2.67. The van der Waals surface area contributed by atoms with Gasteiger partial charge in [-0.25, -0.2) is 4.98 Å². The molecule has 7 heteroatoms. The third kappa shape index (κ3) is 5.49. The number of halogens is 2. The Morgan fingerprint density at radius 2 is 2.24 bits per heavy atom. The number of carbonyl (C=O) groups excluding carboxylic acids is 1. The Labute approximate surface area is 139 Å². The first-order valence-corrected chi connectivity index (χ1v) is 7.10. The first kappa shape index (κ1) is 20.2. The van der Waals surface area contributed by atoms with Gasteiger partial charge in [-0.15, -0.1) is 24.8 Å². The molecular weight excluding hydrogens is 311 g/mol. The number of amides is 1. The highest BCUT2D eigenvalue weighted by Gasteiger charge is 2.28. The molecule has 21 heavy (non-hydrogen) atoms. The van der Waals surface area contributed by atoms with Gasteiger partial charge >= 0.3 is 0 Å². The van der Waals surface area contributed by atoms with Crippen LogP contribution in [0.15, 0.2) is 12.4 Å². The molecule has 122 valence electrons. The fourth-order valence-electron chi connectivity index (χ4n) is 2.67. The Balaban J connectivity index is 0.00000200. The van der Waals surface area contributed by atoms with Crippen LogP contribution in [0.4, 0.5) is 0 Å². The number of aromatic nitrogens is 2. The van der Waals surface area contributed by atoms with E-state index in [0.717, 1.165) is 38.2 Å². The van der Waals surface area contributed by atoms with Crippen molar-refractivity contribution in [1.82, 2.24) is 14.5 Å². The number of nitrogens with zero attached hydrogens (tertiary/aromatic N) is 3. The summed E-state index contributed by atoms with van der Waals surface area (Å²) in [4.78, 5) is 18.5. The molecule has 2 heterocycles. The van der Waals surface area contributed by atoms with Gasteiger partial charge in [0, 0.05) is 44.0 Å². The van der Waals surface area contributed by atoms with Gasteiger partial charge in [0.05, 0.1) is 0 Å². The summed E-state index contributed by atoms with van der Waals surface area (Å²) in [6, 6.07) is 0.411. The first-order valence-electron chi connectivity index (χ1n) is 7.10. The van der Waals surface area contributed by atoms with Crippen molar-refractivity contribution in [2.24, 2.45) is 5.73 Å². The van der Waals surface area contributed by atoms with Gasteiger partial charge in [-0.1, -0.05) is 0 Å². The normalized spacial score (nSPS) is 18.8. The molecule has 2 unspecified atom stereocenters. The summed E-state index contributed by atoms with van der Waals surface area (Å²) in [6.07, 6.45) is 7.32. The minimum Gasteiger partial charge on any atom is -0.338 e. The number of rotatable bonds is 5. The maximum absolute atomic E-state index is 12.2. The van der Waals surface area contributed by atoms with E-state index in [1.54, 1.807) is 0 Å². The number of hydrogen-bond acceptors (Lipinski definition) is 3. The zero-order valence-corrected chi connectivity index (χ0v) is 14.3. The molecule has 0 radical (unpaired) electrons. The van der Waals surface area contributed by atoms with Gasteiger partial charge in [0.1, 0.15) is 5.82 Å². The monoisotopic (exact) mass is 336 g/mol. The Hall–Kier alpha value is -0.780. The van der Waals surface area contributed by atoms with Crippen molar-refractivity contribution in [3.63, 3.8) is 0 Å². The molecule has 0 spiro atoms. The van der Waals surface area contributed by atoms with E-state index in [1.807, 2.05) is 31.1 Å². The Kier molecular flexibility index (Phi) is 8.94. The second kappa shape index (κ2) is 9.28. The van der Waals surface area contributed by atoms with Crippen molar-refractivity contribution in [3.8, 4) is 0 Å². The van der Waals surface area contributed by atoms with Crippen LogP contribution in [0, 0.1) is 6.92 Å². The van der Waals surface area contributed by atoms with Gasteiger partial charge in [0.25, 0.3) is 0 Å². The summed E-state index contributed by atoms with van der Waals surface area (Å²) < 4.78 is 2.13. The van der Waals surface area contributed by atoms with Crippen LogP contribution >= 0.6 is 24.8 Å². The average molecular weight is 337 g/mol. The Morgan fingerprint density at radius 1 is 1.52 bits per heavy atom. The molecular formula is C14H26Cl2N4O. The summed E-state index contributed by atoms with van der Waals surface area (Å²) in [6.45, 7) is 5.69. The molecule has 0 aliphatic carbocycles. The second-order valence-electron chi connectivity index (χ2n) is 5.53. The Morgan fingerprint density at radius 3 is 2.81 bits per heavy atom. The van der Waals surface area contributed by atoms with Crippen LogP contribution in [-0.2, 0) is 11.3 Å². The van der Waals surface area contributed by atoms with Crippen molar-refractivity contribution in [3.05, 3.63) is 18.2 Å². The summed E-state index contributed by atoms with van der Waals surface area (Å²) in [7, 11) is 0. The topological polar surface area (TPSA) is 64.2 Å². The fraction of sp³-hybridized carbons (Fsp3) is 0.714. The quantitative estimate of drug-likeness (QED) is 0.895. The molecule has 0 aromatic carbocycles. The number of carbonyl (C=O) groups is 1. The maximum atomic E-state index is 12.2. The van der Waals surface area contributed by atoms with Crippen molar-refractivity contribution < 1.29 is 4.79 Å². The molecule has 1 saturated heterocycles. The number of likely N-dealkylation sites (tertiary alicyclic amines) is 1. The predicted octanol–water partition coefficient (Wildman–Crippen LogP) is 2.15. The SMILES string of the molecule is Cc1nccn1CC1CCCN1C(=O)CCC(C)N.Cl.Cl.